The second-order valence-electron chi connectivity index (χ2n) is 4.01. The second kappa shape index (κ2) is 6.90. The fourth-order valence-corrected chi connectivity index (χ4v) is 2.32. The zero-order valence-electron chi connectivity index (χ0n) is 11.4. The molecule has 0 fully saturated rings. The van der Waals surface area contributed by atoms with Crippen LogP contribution in [0.2, 0.25) is 0 Å². The van der Waals surface area contributed by atoms with Gasteiger partial charge in [-0.1, -0.05) is 0 Å². The Kier molecular flexibility index (Phi) is 5.51. The topological polar surface area (TPSA) is 95.9 Å². The average Bonchev–Trinajstić information content (AvgIpc) is 2.80. The molecule has 3 amide bonds. The van der Waals surface area contributed by atoms with Gasteiger partial charge in [0.2, 0.25) is 0 Å². The summed E-state index contributed by atoms with van der Waals surface area (Å²) < 4.78 is 4.66. The Balaban J connectivity index is 2.79. The van der Waals surface area contributed by atoms with E-state index < -0.39 is 24.1 Å². The van der Waals surface area contributed by atoms with Gasteiger partial charge in [-0.3, -0.25) is 0 Å². The van der Waals surface area contributed by atoms with E-state index in [0.717, 1.165) is 5.56 Å². The molecule has 0 aliphatic carbocycles. The highest BCUT2D eigenvalue weighted by Gasteiger charge is 2.27. The van der Waals surface area contributed by atoms with Gasteiger partial charge in [-0.2, -0.15) is 0 Å². The Labute approximate surface area is 120 Å². The molecular formula is C12H16N2O5S. The fourth-order valence-electron chi connectivity index (χ4n) is 1.38. The van der Waals surface area contributed by atoms with Crippen LogP contribution in [0.15, 0.2) is 11.4 Å². The number of carbonyl (C=O) groups excluding carboxylic acids is 2. The molecule has 0 aromatic carbocycles. The number of carboxylic acid groups (broad SMARTS) is 1. The van der Waals surface area contributed by atoms with E-state index in [0.29, 0.717) is 9.78 Å². The summed E-state index contributed by atoms with van der Waals surface area (Å²) in [5.41, 5.74) is 0.907. The fraction of sp³-hybridized carbons (Fsp3) is 0.417. The molecule has 0 saturated heterocycles. The number of nitrogens with one attached hydrogen (secondary N) is 1. The van der Waals surface area contributed by atoms with Crippen molar-refractivity contribution in [3.63, 3.8) is 0 Å². The minimum Gasteiger partial charge on any atom is -0.479 e. The van der Waals surface area contributed by atoms with Crippen molar-refractivity contribution in [1.29, 1.82) is 0 Å². The SMILES string of the molecule is CCOC(=O)N(C)C(=O)NC(C(=O)O)c1cc(C)cs1. The standard InChI is InChI=1S/C12H16N2O5S/c1-4-19-12(18)14(3)11(17)13-9(10(15)16)8-5-7(2)6-20-8/h5-6,9H,4H2,1-3H3,(H,13,17)(H,15,16). The van der Waals surface area contributed by atoms with Gasteiger partial charge in [-0.25, -0.2) is 19.3 Å². The van der Waals surface area contributed by atoms with Gasteiger partial charge < -0.3 is 15.2 Å². The Morgan fingerprint density at radius 1 is 1.50 bits per heavy atom. The number of ether oxygens (including phenoxy) is 1. The Hall–Kier alpha value is -2.09. The van der Waals surface area contributed by atoms with Crippen molar-refractivity contribution in [3.05, 3.63) is 21.9 Å². The lowest BCUT2D eigenvalue weighted by Gasteiger charge is -2.18. The third-order valence-corrected chi connectivity index (χ3v) is 3.51. The van der Waals surface area contributed by atoms with Crippen LogP contribution in [0, 0.1) is 6.92 Å². The van der Waals surface area contributed by atoms with E-state index >= 15 is 0 Å². The summed E-state index contributed by atoms with van der Waals surface area (Å²) in [6, 6.07) is -0.353. The summed E-state index contributed by atoms with van der Waals surface area (Å²) in [7, 11) is 1.21. The van der Waals surface area contributed by atoms with Crippen LogP contribution in [0.4, 0.5) is 9.59 Å². The van der Waals surface area contributed by atoms with E-state index in [9.17, 15) is 14.4 Å². The van der Waals surface area contributed by atoms with Gasteiger partial charge in [-0.05, 0) is 30.9 Å². The maximum absolute atomic E-state index is 11.8. The monoisotopic (exact) mass is 300 g/mol. The maximum atomic E-state index is 11.8. The van der Waals surface area contributed by atoms with E-state index in [1.807, 2.05) is 6.92 Å². The number of hydrogen-bond donors (Lipinski definition) is 2. The van der Waals surface area contributed by atoms with Crippen molar-refractivity contribution in [2.45, 2.75) is 19.9 Å². The quantitative estimate of drug-likeness (QED) is 0.886. The van der Waals surface area contributed by atoms with E-state index in [1.54, 1.807) is 18.4 Å². The molecule has 1 aromatic heterocycles. The smallest absolute Gasteiger partial charge is 0.417 e. The summed E-state index contributed by atoms with van der Waals surface area (Å²) in [4.78, 5) is 35.6. The zero-order valence-corrected chi connectivity index (χ0v) is 12.2. The van der Waals surface area contributed by atoms with Crippen LogP contribution in [0.5, 0.6) is 0 Å². The van der Waals surface area contributed by atoms with Gasteiger partial charge in [-0.15, -0.1) is 11.3 Å². The number of carboxylic acids is 1. The van der Waals surface area contributed by atoms with Crippen LogP contribution < -0.4 is 5.32 Å². The van der Waals surface area contributed by atoms with Crippen LogP contribution in [-0.4, -0.2) is 41.8 Å². The summed E-state index contributed by atoms with van der Waals surface area (Å²) in [5, 5.41) is 13.2. The van der Waals surface area contributed by atoms with Crippen LogP contribution in [0.3, 0.4) is 0 Å². The normalized spacial score (nSPS) is 11.6. The number of imide groups is 1. The lowest BCUT2D eigenvalue weighted by atomic mass is 10.2. The van der Waals surface area contributed by atoms with E-state index in [4.69, 9.17) is 5.11 Å². The highest BCUT2D eigenvalue weighted by atomic mass is 32.1. The highest BCUT2D eigenvalue weighted by Crippen LogP contribution is 2.22. The number of carbonyl (C=O) groups is 3. The van der Waals surface area contributed by atoms with Crippen LogP contribution in [0.1, 0.15) is 23.4 Å². The average molecular weight is 300 g/mol. The predicted octanol–water partition coefficient (Wildman–Crippen LogP) is 1.98. The molecule has 1 aromatic rings. The Morgan fingerprint density at radius 2 is 2.15 bits per heavy atom. The maximum Gasteiger partial charge on any atom is 0.417 e. The molecule has 0 aliphatic heterocycles. The lowest BCUT2D eigenvalue weighted by Crippen LogP contribution is -2.44. The molecule has 7 nitrogen and oxygen atoms in total. The number of aryl methyl sites for hydroxylation is 1. The number of urea groups is 1. The zero-order chi connectivity index (χ0) is 15.3. The van der Waals surface area contributed by atoms with E-state index in [-0.39, 0.29) is 6.61 Å². The molecule has 0 bridgehead atoms. The molecule has 8 heteroatoms. The van der Waals surface area contributed by atoms with Crippen molar-refractivity contribution >= 4 is 29.4 Å². The second-order valence-corrected chi connectivity index (χ2v) is 4.95. The van der Waals surface area contributed by atoms with Gasteiger partial charge in [0.15, 0.2) is 6.04 Å². The van der Waals surface area contributed by atoms with Crippen molar-refractivity contribution in [2.24, 2.45) is 0 Å². The first-order valence-electron chi connectivity index (χ1n) is 5.85. The molecule has 0 aliphatic rings. The van der Waals surface area contributed by atoms with E-state index in [2.05, 4.69) is 10.1 Å². The molecule has 1 heterocycles. The van der Waals surface area contributed by atoms with Crippen LogP contribution in [0.25, 0.3) is 0 Å². The number of thiophene rings is 1. The summed E-state index contributed by atoms with van der Waals surface area (Å²) >= 11 is 1.23. The van der Waals surface area contributed by atoms with Crippen molar-refractivity contribution < 1.29 is 24.2 Å². The molecule has 1 atom stereocenters. The first kappa shape index (κ1) is 16.0. The van der Waals surface area contributed by atoms with Gasteiger partial charge in [0, 0.05) is 11.9 Å². The summed E-state index contributed by atoms with van der Waals surface area (Å²) in [6.45, 7) is 3.56. The summed E-state index contributed by atoms with van der Waals surface area (Å²) in [6.07, 6.45) is -0.837. The van der Waals surface area contributed by atoms with Crippen LogP contribution in [-0.2, 0) is 9.53 Å². The lowest BCUT2D eigenvalue weighted by molar-refractivity contribution is -0.139. The van der Waals surface area contributed by atoms with Crippen molar-refractivity contribution in [3.8, 4) is 0 Å². The highest BCUT2D eigenvalue weighted by molar-refractivity contribution is 7.10. The van der Waals surface area contributed by atoms with Gasteiger partial charge in [0.1, 0.15) is 0 Å². The first-order chi connectivity index (χ1) is 9.36. The third kappa shape index (κ3) is 3.95. The van der Waals surface area contributed by atoms with Gasteiger partial charge in [0.05, 0.1) is 6.61 Å². The molecule has 1 rings (SSSR count). The third-order valence-electron chi connectivity index (χ3n) is 2.40. The first-order valence-corrected chi connectivity index (χ1v) is 6.73. The largest absolute Gasteiger partial charge is 0.479 e. The molecule has 2 N–H and O–H groups in total. The van der Waals surface area contributed by atoms with Crippen molar-refractivity contribution in [2.75, 3.05) is 13.7 Å². The van der Waals surface area contributed by atoms with Gasteiger partial charge in [0.25, 0.3) is 0 Å². The van der Waals surface area contributed by atoms with Gasteiger partial charge >= 0.3 is 18.1 Å². The number of amides is 3. The van der Waals surface area contributed by atoms with Crippen LogP contribution >= 0.6 is 11.3 Å². The summed E-state index contributed by atoms with van der Waals surface area (Å²) in [5.74, 6) is -1.20. The number of nitrogens with zero attached hydrogens (tertiary/aromatic N) is 1. The number of aliphatic carboxylic acids is 1. The molecule has 110 valence electrons. The molecule has 0 spiro atoms. The molecule has 0 saturated carbocycles. The minimum atomic E-state index is -1.20. The number of rotatable bonds is 4. The number of hydrogen-bond acceptors (Lipinski definition) is 5. The predicted molar refractivity (Wildman–Crippen MR) is 72.7 cm³/mol. The Morgan fingerprint density at radius 3 is 2.60 bits per heavy atom. The van der Waals surface area contributed by atoms with E-state index in [1.165, 1.54) is 18.4 Å². The Bertz CT molecular complexity index is 514. The molecule has 0 radical (unpaired) electrons. The molecule has 1 unspecified atom stereocenters. The molecular weight excluding hydrogens is 284 g/mol. The molecule has 20 heavy (non-hydrogen) atoms. The van der Waals surface area contributed by atoms with Crippen molar-refractivity contribution in [1.82, 2.24) is 10.2 Å². The minimum absolute atomic E-state index is 0.128.